The van der Waals surface area contributed by atoms with Crippen molar-refractivity contribution in [1.29, 1.82) is 0 Å². The summed E-state index contributed by atoms with van der Waals surface area (Å²) in [6.45, 7) is 26.2. The number of fused-ring (bicyclic) bond motifs is 9. The van der Waals surface area contributed by atoms with Gasteiger partial charge in [-0.25, -0.2) is 0 Å². The fourth-order valence-electron chi connectivity index (χ4n) is 12.8. The van der Waals surface area contributed by atoms with Gasteiger partial charge in [-0.15, -0.1) is 0 Å². The highest BCUT2D eigenvalue weighted by Crippen LogP contribution is 2.63. The average Bonchev–Trinajstić information content (AvgIpc) is 3.80. The highest BCUT2D eigenvalue weighted by molar-refractivity contribution is 7.01. The van der Waals surface area contributed by atoms with Crippen LogP contribution in [0.3, 0.4) is 0 Å². The van der Waals surface area contributed by atoms with Crippen molar-refractivity contribution in [3.63, 3.8) is 0 Å². The smallest absolute Gasteiger partial charge is 0.257 e. The van der Waals surface area contributed by atoms with Crippen molar-refractivity contribution in [2.75, 3.05) is 14.7 Å². The first-order valence-electron chi connectivity index (χ1n) is 25.5. The molecule has 69 heavy (non-hydrogen) atoms. The molecule has 4 aliphatic rings. The molecule has 1 aliphatic carbocycles. The molecule has 0 spiro atoms. The third-order valence-electron chi connectivity index (χ3n) is 16.8. The second kappa shape index (κ2) is 15.0. The summed E-state index contributed by atoms with van der Waals surface area (Å²) >= 11 is 0. The maximum absolute atomic E-state index is 7.62. The van der Waals surface area contributed by atoms with Gasteiger partial charge in [0, 0.05) is 50.3 Å². The van der Waals surface area contributed by atoms with Crippen molar-refractivity contribution in [1.82, 2.24) is 0 Å². The molecule has 5 heteroatoms. The van der Waals surface area contributed by atoms with Crippen LogP contribution in [0.15, 0.2) is 156 Å². The van der Waals surface area contributed by atoms with Gasteiger partial charge >= 0.3 is 0 Å². The van der Waals surface area contributed by atoms with E-state index >= 15 is 0 Å². The van der Waals surface area contributed by atoms with Crippen molar-refractivity contribution in [2.45, 2.75) is 129 Å². The quantitative estimate of drug-likeness (QED) is 0.161. The fraction of sp³-hybridized carbons (Fsp3) is 0.312. The third-order valence-corrected chi connectivity index (χ3v) is 16.8. The van der Waals surface area contributed by atoms with E-state index in [0.29, 0.717) is 0 Å². The minimum atomic E-state index is -0.157. The zero-order valence-electron chi connectivity index (χ0n) is 42.6. The van der Waals surface area contributed by atoms with Crippen LogP contribution < -0.4 is 31.1 Å². The Morgan fingerprint density at radius 1 is 0.536 bits per heavy atom. The van der Waals surface area contributed by atoms with E-state index in [-0.39, 0.29) is 33.9 Å². The summed E-state index contributed by atoms with van der Waals surface area (Å²) in [6, 6.07) is 57.4. The van der Waals surface area contributed by atoms with Gasteiger partial charge in [-0.2, -0.15) is 0 Å². The number of hydrogen-bond donors (Lipinski definition) is 0. The predicted octanol–water partition coefficient (Wildman–Crippen LogP) is 15.8. The SMILES string of the molecule is CC(C)(C)c1ccc(N2c3cc(N(c4ccccc4)c4ccccc4)cc4c3B(c3cc(C(C)(C)C)cc5c3N4C3(C)CCCCC53C)c3c2oc2cc(C(C)(C)C)ccc32)c(-c2ccccc2)c1. The zero-order chi connectivity index (χ0) is 48.0. The first-order valence-corrected chi connectivity index (χ1v) is 25.5. The normalized spacial score (nSPS) is 19.3. The number of furan rings is 1. The number of para-hydroxylation sites is 2. The maximum Gasteiger partial charge on any atom is 0.257 e. The van der Waals surface area contributed by atoms with Crippen LogP contribution in [0.5, 0.6) is 0 Å². The van der Waals surface area contributed by atoms with Gasteiger partial charge in [0.1, 0.15) is 5.58 Å². The first kappa shape index (κ1) is 43.8. The van der Waals surface area contributed by atoms with E-state index in [2.05, 4.69) is 243 Å². The molecule has 7 aromatic carbocycles. The number of anilines is 8. The number of rotatable bonds is 5. The Morgan fingerprint density at radius 2 is 1.12 bits per heavy atom. The van der Waals surface area contributed by atoms with Crippen LogP contribution in [0, 0.1) is 0 Å². The molecule has 0 radical (unpaired) electrons. The van der Waals surface area contributed by atoms with Crippen LogP contribution in [-0.2, 0) is 21.7 Å². The topological polar surface area (TPSA) is 22.9 Å². The number of nitrogens with zero attached hydrogens (tertiary/aromatic N) is 3. The van der Waals surface area contributed by atoms with Gasteiger partial charge in [0.15, 0.2) is 0 Å². The average molecular weight is 904 g/mol. The molecular weight excluding hydrogens is 838 g/mol. The highest BCUT2D eigenvalue weighted by Gasteiger charge is 2.62. The van der Waals surface area contributed by atoms with Gasteiger partial charge in [-0.05, 0) is 129 Å². The van der Waals surface area contributed by atoms with Crippen molar-refractivity contribution in [3.05, 3.63) is 174 Å². The number of hydrogen-bond acceptors (Lipinski definition) is 4. The molecule has 4 nitrogen and oxygen atoms in total. The van der Waals surface area contributed by atoms with Crippen LogP contribution in [0.25, 0.3) is 22.1 Å². The Bertz CT molecular complexity index is 3290. The number of benzene rings is 7. The monoisotopic (exact) mass is 904 g/mol. The Labute approximate surface area is 411 Å². The van der Waals surface area contributed by atoms with Gasteiger partial charge in [-0.1, -0.05) is 179 Å². The van der Waals surface area contributed by atoms with Crippen LogP contribution in [0.2, 0.25) is 0 Å². The molecule has 0 bridgehead atoms. The summed E-state index contributed by atoms with van der Waals surface area (Å²) in [5.41, 5.74) is 20.8. The van der Waals surface area contributed by atoms with E-state index in [1.165, 1.54) is 79.4 Å². The Kier molecular flexibility index (Phi) is 9.54. The van der Waals surface area contributed by atoms with Crippen molar-refractivity contribution >= 4 is 79.8 Å². The van der Waals surface area contributed by atoms with E-state index in [9.17, 15) is 0 Å². The summed E-state index contributed by atoms with van der Waals surface area (Å²) in [7, 11) is 0. The Balaban J connectivity index is 1.27. The van der Waals surface area contributed by atoms with Crippen molar-refractivity contribution < 1.29 is 4.42 Å². The molecule has 1 fully saturated rings. The second-order valence-corrected chi connectivity index (χ2v) is 24.2. The van der Waals surface area contributed by atoms with Crippen LogP contribution in [0.4, 0.5) is 45.7 Å². The summed E-state index contributed by atoms with van der Waals surface area (Å²) < 4.78 is 7.62. The molecule has 1 saturated carbocycles. The minimum absolute atomic E-state index is 0.0534. The lowest BCUT2D eigenvalue weighted by Gasteiger charge is -2.52. The standard InChI is InChI=1S/C64H66BN3O/c1-60(2,3)42-30-32-52(49(35-42)41-23-15-12-16-24-41)67-53-39-47(66(45-25-17-13-18-26-45)46-27-19-14-20-28-46)40-54-57(53)65(56-48-31-29-43(61(4,5)6)38-55(48)69-59(56)67)51-37-44(62(7,8)9)36-50-58(51)68(54)64(11)34-22-21-33-63(50,64)10/h12-20,23-32,35-40H,21-22,33-34H2,1-11H3. The van der Waals surface area contributed by atoms with Crippen molar-refractivity contribution in [2.24, 2.45) is 0 Å². The molecular formula is C64H66BN3O. The first-order chi connectivity index (χ1) is 32.9. The fourth-order valence-corrected chi connectivity index (χ4v) is 12.8. The molecule has 346 valence electrons. The lowest BCUT2D eigenvalue weighted by molar-refractivity contribution is 0.195. The molecule has 0 N–H and O–H groups in total. The lowest BCUT2D eigenvalue weighted by Crippen LogP contribution is -2.64. The van der Waals surface area contributed by atoms with Gasteiger partial charge < -0.3 is 14.2 Å². The van der Waals surface area contributed by atoms with E-state index < -0.39 is 0 Å². The molecule has 3 aliphatic heterocycles. The molecule has 2 atom stereocenters. The Hall–Kier alpha value is -6.46. The Morgan fingerprint density at radius 3 is 1.75 bits per heavy atom. The molecule has 12 rings (SSSR count). The molecule has 1 aromatic heterocycles. The minimum Gasteiger partial charge on any atom is -0.440 e. The molecule has 4 heterocycles. The molecule has 2 unspecified atom stereocenters. The van der Waals surface area contributed by atoms with E-state index in [1.54, 1.807) is 0 Å². The van der Waals surface area contributed by atoms with Gasteiger partial charge in [0.2, 0.25) is 5.88 Å². The summed E-state index contributed by atoms with van der Waals surface area (Å²) in [6.07, 6.45) is 4.73. The maximum atomic E-state index is 7.62. The van der Waals surface area contributed by atoms with Gasteiger partial charge in [-0.3, -0.25) is 4.90 Å². The summed E-state index contributed by atoms with van der Waals surface area (Å²) in [4.78, 5) is 7.87. The summed E-state index contributed by atoms with van der Waals surface area (Å²) in [5.74, 6) is 0.902. The third kappa shape index (κ3) is 6.48. The molecule has 0 saturated heterocycles. The molecule has 0 amide bonds. The summed E-state index contributed by atoms with van der Waals surface area (Å²) in [5, 5.41) is 1.19. The van der Waals surface area contributed by atoms with Gasteiger partial charge in [0.05, 0.1) is 16.9 Å². The lowest BCUT2D eigenvalue weighted by atomic mass is 9.33. The van der Waals surface area contributed by atoms with Crippen LogP contribution in [-0.4, -0.2) is 12.3 Å². The van der Waals surface area contributed by atoms with Crippen LogP contribution in [0.1, 0.15) is 124 Å². The van der Waals surface area contributed by atoms with Crippen LogP contribution >= 0.6 is 0 Å². The molecule has 8 aromatic rings. The van der Waals surface area contributed by atoms with E-state index in [0.717, 1.165) is 52.7 Å². The second-order valence-electron chi connectivity index (χ2n) is 24.2. The largest absolute Gasteiger partial charge is 0.440 e. The van der Waals surface area contributed by atoms with Gasteiger partial charge in [0.25, 0.3) is 6.71 Å². The zero-order valence-corrected chi connectivity index (χ0v) is 42.6. The predicted molar refractivity (Wildman–Crippen MR) is 295 cm³/mol. The van der Waals surface area contributed by atoms with E-state index in [4.69, 9.17) is 4.42 Å². The highest BCUT2D eigenvalue weighted by atomic mass is 16.4. The van der Waals surface area contributed by atoms with E-state index in [1.807, 2.05) is 0 Å². The van der Waals surface area contributed by atoms with Crippen molar-refractivity contribution in [3.8, 4) is 11.1 Å².